The largest absolute Gasteiger partial charge is 0.464 e. The fourth-order valence-electron chi connectivity index (χ4n) is 2.14. The zero-order valence-corrected chi connectivity index (χ0v) is 13.5. The van der Waals surface area contributed by atoms with Crippen LogP contribution < -0.4 is 5.73 Å². The van der Waals surface area contributed by atoms with E-state index >= 15 is 0 Å². The van der Waals surface area contributed by atoms with E-state index < -0.39 is 5.54 Å². The van der Waals surface area contributed by atoms with Crippen molar-refractivity contribution in [3.63, 3.8) is 0 Å². The highest BCUT2D eigenvalue weighted by Crippen LogP contribution is 2.21. The van der Waals surface area contributed by atoms with Crippen LogP contribution in [0.1, 0.15) is 12.5 Å². The molecule has 2 N–H and O–H groups in total. The first-order valence-electron chi connectivity index (χ1n) is 7.25. The van der Waals surface area contributed by atoms with Gasteiger partial charge in [0.05, 0.1) is 6.61 Å². The predicted octanol–water partition coefficient (Wildman–Crippen LogP) is 0.897. The van der Waals surface area contributed by atoms with Crippen LogP contribution in [0.3, 0.4) is 0 Å². The van der Waals surface area contributed by atoms with Crippen molar-refractivity contribution in [2.45, 2.75) is 12.5 Å². The highest BCUT2D eigenvalue weighted by atomic mass is 16.5. The van der Waals surface area contributed by atoms with E-state index in [4.69, 9.17) is 10.5 Å². The Balaban J connectivity index is 2.90. The summed E-state index contributed by atoms with van der Waals surface area (Å²) in [5, 5.41) is 0. The Kier molecular flexibility index (Phi) is 6.81. The molecule has 118 valence electrons. The van der Waals surface area contributed by atoms with Crippen molar-refractivity contribution >= 4 is 5.97 Å². The van der Waals surface area contributed by atoms with Crippen molar-refractivity contribution in [1.82, 2.24) is 9.80 Å². The SMILES string of the molecule is CCOC(=O)C(N)(CN(C)CCN(C)C)c1ccccc1. The molecular formula is C16H27N3O2. The molecule has 0 heterocycles. The molecule has 0 bridgehead atoms. The summed E-state index contributed by atoms with van der Waals surface area (Å²) in [5.41, 5.74) is 6.06. The minimum atomic E-state index is -1.14. The van der Waals surface area contributed by atoms with Crippen molar-refractivity contribution < 1.29 is 9.53 Å². The lowest BCUT2D eigenvalue weighted by molar-refractivity contribution is -0.150. The van der Waals surface area contributed by atoms with E-state index in [1.807, 2.05) is 51.5 Å². The maximum Gasteiger partial charge on any atom is 0.332 e. The van der Waals surface area contributed by atoms with Crippen molar-refractivity contribution in [3.05, 3.63) is 35.9 Å². The Morgan fingerprint density at radius 3 is 2.33 bits per heavy atom. The van der Waals surface area contributed by atoms with Crippen molar-refractivity contribution in [2.24, 2.45) is 5.73 Å². The van der Waals surface area contributed by atoms with Gasteiger partial charge in [-0.25, -0.2) is 4.79 Å². The molecule has 5 heteroatoms. The van der Waals surface area contributed by atoms with Crippen LogP contribution in [-0.4, -0.2) is 63.2 Å². The number of benzene rings is 1. The number of esters is 1. The average molecular weight is 293 g/mol. The van der Waals surface area contributed by atoms with E-state index in [9.17, 15) is 4.79 Å². The topological polar surface area (TPSA) is 58.8 Å². The fraction of sp³-hybridized carbons (Fsp3) is 0.562. The molecule has 0 aliphatic heterocycles. The zero-order chi connectivity index (χ0) is 15.9. The molecule has 1 atom stereocenters. The lowest BCUT2D eigenvalue weighted by Crippen LogP contribution is -2.54. The monoisotopic (exact) mass is 293 g/mol. The molecule has 21 heavy (non-hydrogen) atoms. The molecule has 5 nitrogen and oxygen atoms in total. The van der Waals surface area contributed by atoms with Gasteiger partial charge in [-0.3, -0.25) is 0 Å². The summed E-state index contributed by atoms with van der Waals surface area (Å²) in [4.78, 5) is 16.5. The van der Waals surface area contributed by atoms with E-state index in [0.717, 1.165) is 18.7 Å². The van der Waals surface area contributed by atoms with Gasteiger partial charge in [0.25, 0.3) is 0 Å². The number of hydrogen-bond donors (Lipinski definition) is 1. The molecule has 0 spiro atoms. The molecule has 1 aromatic carbocycles. The van der Waals surface area contributed by atoms with Crippen LogP contribution in [0, 0.1) is 0 Å². The Bertz CT molecular complexity index is 436. The molecule has 0 radical (unpaired) electrons. The Hall–Kier alpha value is -1.43. The van der Waals surface area contributed by atoms with Gasteiger partial charge in [0.2, 0.25) is 0 Å². The second-order valence-electron chi connectivity index (χ2n) is 5.60. The fourth-order valence-corrected chi connectivity index (χ4v) is 2.14. The molecule has 1 rings (SSSR count). The lowest BCUT2D eigenvalue weighted by atomic mass is 9.90. The lowest BCUT2D eigenvalue weighted by Gasteiger charge is -2.32. The van der Waals surface area contributed by atoms with Gasteiger partial charge in [-0.1, -0.05) is 30.3 Å². The van der Waals surface area contributed by atoms with E-state index in [2.05, 4.69) is 9.80 Å². The van der Waals surface area contributed by atoms with Crippen LogP contribution in [0.2, 0.25) is 0 Å². The number of carbonyl (C=O) groups is 1. The average Bonchev–Trinajstić information content (AvgIpc) is 2.46. The van der Waals surface area contributed by atoms with Crippen LogP contribution in [0.25, 0.3) is 0 Å². The van der Waals surface area contributed by atoms with Gasteiger partial charge in [-0.05, 0) is 33.6 Å². The summed E-state index contributed by atoms with van der Waals surface area (Å²) in [6, 6.07) is 9.42. The number of hydrogen-bond acceptors (Lipinski definition) is 5. The number of nitrogens with two attached hydrogens (primary N) is 1. The minimum absolute atomic E-state index is 0.325. The normalized spacial score (nSPS) is 14.2. The van der Waals surface area contributed by atoms with Crippen molar-refractivity contribution in [3.8, 4) is 0 Å². The standard InChI is InChI=1S/C16H27N3O2/c1-5-21-15(20)16(17,14-9-7-6-8-10-14)13-19(4)12-11-18(2)3/h6-10H,5,11-13,17H2,1-4H3. The Labute approximate surface area is 127 Å². The molecule has 0 aliphatic carbocycles. The van der Waals surface area contributed by atoms with Crippen LogP contribution in [0.15, 0.2) is 30.3 Å². The van der Waals surface area contributed by atoms with Crippen LogP contribution in [0.5, 0.6) is 0 Å². The second kappa shape index (κ2) is 8.12. The van der Waals surface area contributed by atoms with Crippen molar-refractivity contribution in [1.29, 1.82) is 0 Å². The molecule has 1 unspecified atom stereocenters. The summed E-state index contributed by atoms with van der Waals surface area (Å²) < 4.78 is 5.19. The maximum absolute atomic E-state index is 12.4. The van der Waals surface area contributed by atoms with Crippen LogP contribution >= 0.6 is 0 Å². The number of ether oxygens (including phenoxy) is 1. The van der Waals surface area contributed by atoms with Gasteiger partial charge in [0.1, 0.15) is 0 Å². The second-order valence-corrected chi connectivity index (χ2v) is 5.60. The van der Waals surface area contributed by atoms with Crippen molar-refractivity contribution in [2.75, 3.05) is 47.4 Å². The van der Waals surface area contributed by atoms with E-state index in [1.165, 1.54) is 0 Å². The molecule has 1 aromatic rings. The molecule has 0 aliphatic rings. The summed E-state index contributed by atoms with van der Waals surface area (Å²) in [6.45, 7) is 4.27. The third kappa shape index (κ3) is 5.12. The molecule has 0 amide bonds. The number of rotatable bonds is 8. The summed E-state index contributed by atoms with van der Waals surface area (Å²) in [6.07, 6.45) is 0. The minimum Gasteiger partial charge on any atom is -0.464 e. The van der Waals surface area contributed by atoms with Gasteiger partial charge in [-0.2, -0.15) is 0 Å². The smallest absolute Gasteiger partial charge is 0.332 e. The number of likely N-dealkylation sites (N-methyl/N-ethyl adjacent to an activating group) is 2. The van der Waals surface area contributed by atoms with Crippen LogP contribution in [-0.2, 0) is 15.1 Å². The molecule has 0 saturated heterocycles. The number of carbonyl (C=O) groups excluding carboxylic acids is 1. The molecule has 0 fully saturated rings. The van der Waals surface area contributed by atoms with E-state index in [-0.39, 0.29) is 5.97 Å². The van der Waals surface area contributed by atoms with Gasteiger partial charge in [-0.15, -0.1) is 0 Å². The van der Waals surface area contributed by atoms with Gasteiger partial charge in [0.15, 0.2) is 5.54 Å². The first-order valence-corrected chi connectivity index (χ1v) is 7.25. The summed E-state index contributed by atoms with van der Waals surface area (Å²) in [7, 11) is 6.01. The zero-order valence-electron chi connectivity index (χ0n) is 13.5. The maximum atomic E-state index is 12.4. The van der Waals surface area contributed by atoms with Gasteiger partial charge >= 0.3 is 5.97 Å². The quantitative estimate of drug-likeness (QED) is 0.722. The molecule has 0 saturated carbocycles. The summed E-state index contributed by atoms with van der Waals surface area (Å²) >= 11 is 0. The summed E-state index contributed by atoms with van der Waals surface area (Å²) in [5.74, 6) is -0.382. The van der Waals surface area contributed by atoms with E-state index in [1.54, 1.807) is 6.92 Å². The third-order valence-corrected chi connectivity index (χ3v) is 3.38. The van der Waals surface area contributed by atoms with Gasteiger partial charge < -0.3 is 20.3 Å². The third-order valence-electron chi connectivity index (χ3n) is 3.38. The predicted molar refractivity (Wildman–Crippen MR) is 85.0 cm³/mol. The molecule has 0 aromatic heterocycles. The highest BCUT2D eigenvalue weighted by Gasteiger charge is 2.38. The highest BCUT2D eigenvalue weighted by molar-refractivity contribution is 5.82. The van der Waals surface area contributed by atoms with E-state index in [0.29, 0.717) is 13.2 Å². The number of nitrogens with zero attached hydrogens (tertiary/aromatic N) is 2. The van der Waals surface area contributed by atoms with Gasteiger partial charge in [0, 0.05) is 19.6 Å². The Morgan fingerprint density at radius 1 is 1.19 bits per heavy atom. The first kappa shape index (κ1) is 17.6. The molecular weight excluding hydrogens is 266 g/mol. The first-order chi connectivity index (χ1) is 9.90. The Morgan fingerprint density at radius 2 is 1.81 bits per heavy atom. The van der Waals surface area contributed by atoms with Crippen LogP contribution in [0.4, 0.5) is 0 Å².